The second-order valence-corrected chi connectivity index (χ2v) is 7.28. The summed E-state index contributed by atoms with van der Waals surface area (Å²) >= 11 is 0. The first-order valence-corrected chi connectivity index (χ1v) is 9.68. The molecule has 27 heavy (non-hydrogen) atoms. The van der Waals surface area contributed by atoms with Gasteiger partial charge in [0.2, 0.25) is 0 Å². The van der Waals surface area contributed by atoms with Crippen molar-refractivity contribution in [3.05, 3.63) is 58.4 Å². The minimum atomic E-state index is 0.0263. The van der Waals surface area contributed by atoms with E-state index in [0.717, 1.165) is 48.3 Å². The predicted molar refractivity (Wildman–Crippen MR) is 109 cm³/mol. The van der Waals surface area contributed by atoms with Gasteiger partial charge in [0, 0.05) is 30.7 Å². The SMILES string of the molecule is CCc1ccccc1CNc1nc(C(=O)N2CCC2)cc2c(C)c(C)[nH]c12. The summed E-state index contributed by atoms with van der Waals surface area (Å²) in [6.07, 6.45) is 2.07. The molecule has 0 atom stereocenters. The number of hydrogen-bond donors (Lipinski definition) is 2. The van der Waals surface area contributed by atoms with Crippen molar-refractivity contribution < 1.29 is 4.79 Å². The smallest absolute Gasteiger partial charge is 0.272 e. The number of rotatable bonds is 5. The highest BCUT2D eigenvalue weighted by molar-refractivity contribution is 6.00. The molecule has 0 bridgehead atoms. The summed E-state index contributed by atoms with van der Waals surface area (Å²) in [5.74, 6) is 0.775. The van der Waals surface area contributed by atoms with Gasteiger partial charge in [0.25, 0.3) is 5.91 Å². The number of aryl methyl sites for hydroxylation is 3. The molecule has 1 aliphatic rings. The minimum absolute atomic E-state index is 0.0263. The van der Waals surface area contributed by atoms with Crippen LogP contribution in [0, 0.1) is 13.8 Å². The van der Waals surface area contributed by atoms with Gasteiger partial charge >= 0.3 is 0 Å². The fraction of sp³-hybridized carbons (Fsp3) is 0.364. The van der Waals surface area contributed by atoms with Gasteiger partial charge in [-0.1, -0.05) is 31.2 Å². The van der Waals surface area contributed by atoms with Crippen LogP contribution in [-0.4, -0.2) is 33.9 Å². The largest absolute Gasteiger partial charge is 0.364 e. The number of anilines is 1. The van der Waals surface area contributed by atoms with E-state index in [1.54, 1.807) is 0 Å². The highest BCUT2D eigenvalue weighted by Gasteiger charge is 2.24. The molecule has 5 nitrogen and oxygen atoms in total. The van der Waals surface area contributed by atoms with Gasteiger partial charge in [-0.05, 0) is 49.4 Å². The van der Waals surface area contributed by atoms with Crippen molar-refractivity contribution in [3.63, 3.8) is 0 Å². The fourth-order valence-corrected chi connectivity index (χ4v) is 3.62. The van der Waals surface area contributed by atoms with Crippen LogP contribution < -0.4 is 5.32 Å². The third-order valence-corrected chi connectivity index (χ3v) is 5.61. The maximum atomic E-state index is 12.7. The lowest BCUT2D eigenvalue weighted by Gasteiger charge is -2.30. The van der Waals surface area contributed by atoms with Crippen molar-refractivity contribution in [2.45, 2.75) is 40.2 Å². The van der Waals surface area contributed by atoms with Crippen LogP contribution in [0.25, 0.3) is 10.9 Å². The van der Waals surface area contributed by atoms with Crippen LogP contribution in [0.3, 0.4) is 0 Å². The van der Waals surface area contributed by atoms with Crippen LogP contribution in [0.1, 0.15) is 46.2 Å². The number of likely N-dealkylation sites (tertiary alicyclic amines) is 1. The number of carbonyl (C=O) groups is 1. The normalized spacial score (nSPS) is 13.7. The minimum Gasteiger partial charge on any atom is -0.364 e. The molecule has 1 amide bonds. The molecule has 3 heterocycles. The van der Waals surface area contributed by atoms with E-state index in [1.165, 1.54) is 16.7 Å². The molecule has 1 aromatic carbocycles. The molecule has 1 saturated heterocycles. The molecular formula is C22H26N4O. The number of aromatic nitrogens is 2. The molecule has 0 aliphatic carbocycles. The first kappa shape index (κ1) is 17.6. The summed E-state index contributed by atoms with van der Waals surface area (Å²) in [7, 11) is 0. The molecule has 0 saturated carbocycles. The number of hydrogen-bond acceptors (Lipinski definition) is 3. The lowest BCUT2D eigenvalue weighted by molar-refractivity contribution is 0.0646. The Labute approximate surface area is 159 Å². The lowest BCUT2D eigenvalue weighted by atomic mass is 10.1. The van der Waals surface area contributed by atoms with Gasteiger partial charge in [-0.15, -0.1) is 0 Å². The van der Waals surface area contributed by atoms with Gasteiger partial charge in [-0.25, -0.2) is 4.98 Å². The molecule has 5 heteroatoms. The van der Waals surface area contributed by atoms with Crippen LogP contribution in [0.4, 0.5) is 5.82 Å². The van der Waals surface area contributed by atoms with E-state index >= 15 is 0 Å². The van der Waals surface area contributed by atoms with E-state index < -0.39 is 0 Å². The maximum absolute atomic E-state index is 12.7. The summed E-state index contributed by atoms with van der Waals surface area (Å²) in [6.45, 7) is 8.65. The zero-order chi connectivity index (χ0) is 19.0. The van der Waals surface area contributed by atoms with Crippen molar-refractivity contribution in [3.8, 4) is 0 Å². The number of amides is 1. The third kappa shape index (κ3) is 3.18. The van der Waals surface area contributed by atoms with Crippen molar-refractivity contribution in [2.24, 2.45) is 0 Å². The number of fused-ring (bicyclic) bond motifs is 1. The number of pyridine rings is 1. The van der Waals surface area contributed by atoms with Crippen LogP contribution in [-0.2, 0) is 13.0 Å². The number of H-pyrrole nitrogens is 1. The lowest BCUT2D eigenvalue weighted by Crippen LogP contribution is -2.42. The van der Waals surface area contributed by atoms with Crippen molar-refractivity contribution in [1.29, 1.82) is 0 Å². The number of benzene rings is 1. The Kier molecular flexibility index (Phi) is 4.60. The molecule has 1 fully saturated rings. The maximum Gasteiger partial charge on any atom is 0.272 e. The van der Waals surface area contributed by atoms with E-state index in [0.29, 0.717) is 12.2 Å². The van der Waals surface area contributed by atoms with E-state index in [4.69, 9.17) is 4.98 Å². The molecule has 4 rings (SSSR count). The van der Waals surface area contributed by atoms with Gasteiger partial charge in [0.15, 0.2) is 5.82 Å². The van der Waals surface area contributed by atoms with Gasteiger partial charge in [0.05, 0.1) is 5.52 Å². The quantitative estimate of drug-likeness (QED) is 0.715. The molecule has 0 radical (unpaired) electrons. The predicted octanol–water partition coefficient (Wildman–Crippen LogP) is 4.20. The molecular weight excluding hydrogens is 336 g/mol. The summed E-state index contributed by atoms with van der Waals surface area (Å²) in [5.41, 5.74) is 6.36. The molecule has 2 aromatic heterocycles. The Bertz CT molecular complexity index is 1000. The van der Waals surface area contributed by atoms with Crippen LogP contribution in [0.5, 0.6) is 0 Å². The van der Waals surface area contributed by atoms with E-state index in [-0.39, 0.29) is 5.91 Å². The first-order chi connectivity index (χ1) is 13.1. The third-order valence-electron chi connectivity index (χ3n) is 5.61. The van der Waals surface area contributed by atoms with Crippen molar-refractivity contribution in [1.82, 2.24) is 14.9 Å². The summed E-state index contributed by atoms with van der Waals surface area (Å²) in [5, 5.41) is 4.54. The Morgan fingerprint density at radius 3 is 2.63 bits per heavy atom. The fourth-order valence-electron chi connectivity index (χ4n) is 3.62. The first-order valence-electron chi connectivity index (χ1n) is 9.68. The monoisotopic (exact) mass is 362 g/mol. The summed E-state index contributed by atoms with van der Waals surface area (Å²) in [4.78, 5) is 22.7. The van der Waals surface area contributed by atoms with Crippen molar-refractivity contribution >= 4 is 22.6 Å². The molecule has 0 unspecified atom stereocenters. The summed E-state index contributed by atoms with van der Waals surface area (Å²) < 4.78 is 0. The standard InChI is InChI=1S/C22H26N4O/c1-4-16-8-5-6-9-17(16)13-23-21-20-18(14(2)15(3)24-20)12-19(25-21)22(27)26-10-7-11-26/h5-6,8-9,12,24H,4,7,10-11,13H2,1-3H3,(H,23,25). The zero-order valence-electron chi connectivity index (χ0n) is 16.2. The van der Waals surface area contributed by atoms with Gasteiger partial charge < -0.3 is 15.2 Å². The summed E-state index contributed by atoms with van der Waals surface area (Å²) in [6, 6.07) is 10.4. The second-order valence-electron chi connectivity index (χ2n) is 7.28. The van der Waals surface area contributed by atoms with Crippen molar-refractivity contribution in [2.75, 3.05) is 18.4 Å². The Hall–Kier alpha value is -2.82. The van der Waals surface area contributed by atoms with E-state index in [9.17, 15) is 4.79 Å². The Balaban J connectivity index is 1.71. The molecule has 140 valence electrons. The molecule has 0 spiro atoms. The van der Waals surface area contributed by atoms with Gasteiger partial charge in [0.1, 0.15) is 5.69 Å². The number of carbonyl (C=O) groups excluding carboxylic acids is 1. The van der Waals surface area contributed by atoms with Gasteiger partial charge in [-0.3, -0.25) is 4.79 Å². The van der Waals surface area contributed by atoms with Crippen LogP contribution >= 0.6 is 0 Å². The van der Waals surface area contributed by atoms with E-state index in [2.05, 4.69) is 55.3 Å². The Morgan fingerprint density at radius 1 is 1.22 bits per heavy atom. The van der Waals surface area contributed by atoms with Crippen LogP contribution in [0.2, 0.25) is 0 Å². The number of aromatic amines is 1. The number of nitrogens with one attached hydrogen (secondary N) is 2. The number of nitrogens with zero attached hydrogens (tertiary/aromatic N) is 2. The highest BCUT2D eigenvalue weighted by atomic mass is 16.2. The average Bonchev–Trinajstić information content (AvgIpc) is 2.93. The molecule has 3 aromatic rings. The Morgan fingerprint density at radius 2 is 1.96 bits per heavy atom. The zero-order valence-corrected chi connectivity index (χ0v) is 16.2. The molecule has 2 N–H and O–H groups in total. The topological polar surface area (TPSA) is 61.0 Å². The van der Waals surface area contributed by atoms with Crippen LogP contribution in [0.15, 0.2) is 30.3 Å². The highest BCUT2D eigenvalue weighted by Crippen LogP contribution is 2.28. The molecule has 1 aliphatic heterocycles. The van der Waals surface area contributed by atoms with Gasteiger partial charge in [-0.2, -0.15) is 0 Å². The average molecular weight is 362 g/mol. The second kappa shape index (κ2) is 7.06. The van der Waals surface area contributed by atoms with E-state index in [1.807, 2.05) is 11.0 Å².